The molecule has 0 spiro atoms. The van der Waals surface area contributed by atoms with E-state index in [1.165, 1.54) is 0 Å². The van der Waals surface area contributed by atoms with Crippen molar-refractivity contribution in [3.63, 3.8) is 0 Å². The van der Waals surface area contributed by atoms with Gasteiger partial charge in [-0.25, -0.2) is 0 Å². The molecule has 1 aromatic heterocycles. The highest BCUT2D eigenvalue weighted by Crippen LogP contribution is 2.23. The molecule has 0 radical (unpaired) electrons. The number of halogens is 3. The molecule has 1 aromatic rings. The Labute approximate surface area is 106 Å². The van der Waals surface area contributed by atoms with Crippen LogP contribution in [0.15, 0.2) is 24.4 Å². The zero-order valence-corrected chi connectivity index (χ0v) is 10.7. The van der Waals surface area contributed by atoms with Crippen molar-refractivity contribution in [3.05, 3.63) is 30.1 Å². The van der Waals surface area contributed by atoms with Crippen LogP contribution >= 0.6 is 0 Å². The number of nitrogens with one attached hydrogen (secondary N) is 1. The average Bonchev–Trinajstić information content (AvgIpc) is 2.28. The normalized spacial score (nSPS) is 15.4. The zero-order chi connectivity index (χ0) is 13.6. The molecule has 1 heterocycles. The molecule has 1 rings (SSSR count). The molecule has 2 unspecified atom stereocenters. The van der Waals surface area contributed by atoms with Crippen LogP contribution in [-0.4, -0.2) is 17.2 Å². The van der Waals surface area contributed by atoms with E-state index in [2.05, 4.69) is 10.3 Å². The second kappa shape index (κ2) is 6.73. The lowest BCUT2D eigenvalue weighted by atomic mass is 10.1. The Morgan fingerprint density at radius 3 is 2.56 bits per heavy atom. The number of aromatic nitrogens is 1. The minimum absolute atomic E-state index is 0.0457. The lowest BCUT2D eigenvalue weighted by Gasteiger charge is -2.19. The molecule has 0 aliphatic carbocycles. The number of alkyl halides is 3. The summed E-state index contributed by atoms with van der Waals surface area (Å²) in [4.78, 5) is 4.21. The van der Waals surface area contributed by atoms with Crippen molar-refractivity contribution in [2.75, 3.05) is 0 Å². The van der Waals surface area contributed by atoms with Crippen molar-refractivity contribution >= 4 is 0 Å². The maximum absolute atomic E-state index is 12.0. The predicted octanol–water partition coefficient (Wildman–Crippen LogP) is 3.85. The van der Waals surface area contributed by atoms with Gasteiger partial charge in [-0.3, -0.25) is 4.98 Å². The monoisotopic (exact) mass is 260 g/mol. The highest BCUT2D eigenvalue weighted by Gasteiger charge is 2.26. The van der Waals surface area contributed by atoms with Crippen molar-refractivity contribution in [2.24, 2.45) is 0 Å². The maximum Gasteiger partial charge on any atom is 0.389 e. The number of rotatable bonds is 6. The lowest BCUT2D eigenvalue weighted by molar-refractivity contribution is -0.135. The van der Waals surface area contributed by atoms with Gasteiger partial charge in [0.25, 0.3) is 0 Å². The van der Waals surface area contributed by atoms with Gasteiger partial charge in [-0.2, -0.15) is 13.2 Å². The quantitative estimate of drug-likeness (QED) is 0.840. The molecule has 0 aromatic carbocycles. The fourth-order valence-corrected chi connectivity index (χ4v) is 1.84. The Morgan fingerprint density at radius 2 is 2.00 bits per heavy atom. The topological polar surface area (TPSA) is 24.9 Å². The van der Waals surface area contributed by atoms with Gasteiger partial charge in [0.2, 0.25) is 0 Å². The lowest BCUT2D eigenvalue weighted by Crippen LogP contribution is -2.29. The molecule has 0 aliphatic heterocycles. The van der Waals surface area contributed by atoms with E-state index in [-0.39, 0.29) is 18.5 Å². The van der Waals surface area contributed by atoms with Gasteiger partial charge >= 0.3 is 6.18 Å². The van der Waals surface area contributed by atoms with Crippen LogP contribution in [-0.2, 0) is 0 Å². The molecule has 2 nitrogen and oxygen atoms in total. The van der Waals surface area contributed by atoms with Crippen LogP contribution < -0.4 is 5.32 Å². The second-order valence-electron chi connectivity index (χ2n) is 4.55. The third kappa shape index (κ3) is 6.00. The molecule has 102 valence electrons. The Bertz CT molecular complexity index is 338. The first-order valence-electron chi connectivity index (χ1n) is 6.12. The average molecular weight is 260 g/mol. The second-order valence-corrected chi connectivity index (χ2v) is 4.55. The van der Waals surface area contributed by atoms with Crippen LogP contribution in [0.5, 0.6) is 0 Å². The summed E-state index contributed by atoms with van der Waals surface area (Å²) in [6.07, 6.45) is -2.38. The third-order valence-electron chi connectivity index (χ3n) is 2.76. The van der Waals surface area contributed by atoms with E-state index in [0.717, 1.165) is 5.69 Å². The first-order valence-corrected chi connectivity index (χ1v) is 6.12. The van der Waals surface area contributed by atoms with E-state index in [1.54, 1.807) is 6.20 Å². The minimum atomic E-state index is -4.05. The summed E-state index contributed by atoms with van der Waals surface area (Å²) in [5.41, 5.74) is 0.903. The fourth-order valence-electron chi connectivity index (χ4n) is 1.84. The van der Waals surface area contributed by atoms with Crippen molar-refractivity contribution in [2.45, 2.75) is 51.4 Å². The molecule has 0 bridgehead atoms. The van der Waals surface area contributed by atoms with E-state index in [4.69, 9.17) is 0 Å². The van der Waals surface area contributed by atoms with Gasteiger partial charge in [0.05, 0.1) is 5.69 Å². The minimum Gasteiger partial charge on any atom is -0.306 e. The number of nitrogens with zero attached hydrogens (tertiary/aromatic N) is 1. The molecular weight excluding hydrogens is 241 g/mol. The molecule has 0 saturated carbocycles. The highest BCUT2D eigenvalue weighted by atomic mass is 19.4. The van der Waals surface area contributed by atoms with Gasteiger partial charge in [0.15, 0.2) is 0 Å². The first-order chi connectivity index (χ1) is 8.38. The molecule has 2 atom stereocenters. The zero-order valence-electron chi connectivity index (χ0n) is 10.7. The van der Waals surface area contributed by atoms with Crippen LogP contribution in [0.3, 0.4) is 0 Å². The van der Waals surface area contributed by atoms with Crippen molar-refractivity contribution in [1.82, 2.24) is 10.3 Å². The molecule has 18 heavy (non-hydrogen) atoms. The SMILES string of the molecule is CC(CCCC(F)(F)F)NC(C)c1ccccn1. The van der Waals surface area contributed by atoms with Crippen LogP contribution in [0.4, 0.5) is 13.2 Å². The molecule has 0 fully saturated rings. The summed E-state index contributed by atoms with van der Waals surface area (Å²) in [5.74, 6) is 0. The highest BCUT2D eigenvalue weighted by molar-refractivity contribution is 5.07. The predicted molar refractivity (Wildman–Crippen MR) is 65.2 cm³/mol. The van der Waals surface area contributed by atoms with Crippen LogP contribution in [0.1, 0.15) is 44.8 Å². The van der Waals surface area contributed by atoms with E-state index in [1.807, 2.05) is 32.0 Å². The van der Waals surface area contributed by atoms with Crippen LogP contribution in [0, 0.1) is 0 Å². The molecule has 0 saturated heterocycles. The smallest absolute Gasteiger partial charge is 0.306 e. The van der Waals surface area contributed by atoms with E-state index < -0.39 is 12.6 Å². The molecule has 0 amide bonds. The van der Waals surface area contributed by atoms with Crippen molar-refractivity contribution < 1.29 is 13.2 Å². The van der Waals surface area contributed by atoms with Crippen LogP contribution in [0.2, 0.25) is 0 Å². The molecule has 1 N–H and O–H groups in total. The van der Waals surface area contributed by atoms with E-state index in [9.17, 15) is 13.2 Å². The van der Waals surface area contributed by atoms with E-state index >= 15 is 0 Å². The van der Waals surface area contributed by atoms with Gasteiger partial charge in [0, 0.05) is 24.7 Å². The summed E-state index contributed by atoms with van der Waals surface area (Å²) in [5, 5.41) is 3.25. The van der Waals surface area contributed by atoms with Gasteiger partial charge in [-0.05, 0) is 38.8 Å². The van der Waals surface area contributed by atoms with Gasteiger partial charge in [0.1, 0.15) is 0 Å². The maximum atomic E-state index is 12.0. The molecular formula is C13H19F3N2. The Balaban J connectivity index is 2.30. The van der Waals surface area contributed by atoms with Gasteiger partial charge in [-0.15, -0.1) is 0 Å². The summed E-state index contributed by atoms with van der Waals surface area (Å²) >= 11 is 0. The van der Waals surface area contributed by atoms with Gasteiger partial charge in [-0.1, -0.05) is 6.07 Å². The largest absolute Gasteiger partial charge is 0.389 e. The summed E-state index contributed by atoms with van der Waals surface area (Å²) in [6.45, 7) is 3.86. The molecule has 5 heteroatoms. The summed E-state index contributed by atoms with van der Waals surface area (Å²) in [7, 11) is 0. The fraction of sp³-hybridized carbons (Fsp3) is 0.615. The first kappa shape index (κ1) is 15.0. The number of hydrogen-bond acceptors (Lipinski definition) is 2. The Morgan fingerprint density at radius 1 is 1.28 bits per heavy atom. The number of hydrogen-bond donors (Lipinski definition) is 1. The Kier molecular flexibility index (Phi) is 5.59. The van der Waals surface area contributed by atoms with Crippen molar-refractivity contribution in [1.29, 1.82) is 0 Å². The van der Waals surface area contributed by atoms with Gasteiger partial charge < -0.3 is 5.32 Å². The third-order valence-corrected chi connectivity index (χ3v) is 2.76. The van der Waals surface area contributed by atoms with Crippen molar-refractivity contribution in [3.8, 4) is 0 Å². The Hall–Kier alpha value is -1.10. The van der Waals surface area contributed by atoms with E-state index in [0.29, 0.717) is 6.42 Å². The molecule has 0 aliphatic rings. The summed E-state index contributed by atoms with van der Waals surface area (Å²) in [6, 6.07) is 5.73. The number of pyridine rings is 1. The summed E-state index contributed by atoms with van der Waals surface area (Å²) < 4.78 is 36.0. The standard InChI is InChI=1S/C13H19F3N2/c1-10(6-5-8-13(14,15)16)18-11(2)12-7-3-4-9-17-12/h3-4,7,9-11,18H,5-6,8H2,1-2H3. The van der Waals surface area contributed by atoms with Crippen LogP contribution in [0.25, 0.3) is 0 Å².